The van der Waals surface area contributed by atoms with Crippen molar-refractivity contribution in [1.82, 2.24) is 0 Å². The van der Waals surface area contributed by atoms with Crippen molar-refractivity contribution in [3.8, 4) is 0 Å². The summed E-state index contributed by atoms with van der Waals surface area (Å²) in [6.45, 7) is 0. The maximum Gasteiger partial charge on any atom is 0.250 e. The molecule has 2 bridgehead atoms. The van der Waals surface area contributed by atoms with Gasteiger partial charge >= 0.3 is 0 Å². The molecule has 1 aromatic rings. The van der Waals surface area contributed by atoms with Crippen molar-refractivity contribution in [2.24, 2.45) is 29.4 Å². The Morgan fingerprint density at radius 3 is 1.95 bits per heavy atom. The van der Waals surface area contributed by atoms with Crippen molar-refractivity contribution in [3.05, 3.63) is 29.8 Å². The zero-order valence-corrected chi connectivity index (χ0v) is 12.2. The molecule has 4 fully saturated rings. The van der Waals surface area contributed by atoms with Crippen molar-refractivity contribution in [2.45, 2.75) is 25.7 Å². The monoisotopic (exact) mass is 298 g/mol. The molecule has 3 aliphatic carbocycles. The molecule has 2 atom stereocenters. The van der Waals surface area contributed by atoms with E-state index < -0.39 is 5.91 Å². The standard InChI is InChI=1S/C17H18N2O3/c18-15(20)11-3-1-2-4-12(11)19-16(21)13-9-5-6-10(8-7-9)14(13)17(19)22/h1-4,9-10,13-14H,5-8H2,(H2,18,20). The summed E-state index contributed by atoms with van der Waals surface area (Å²) in [7, 11) is 0. The summed E-state index contributed by atoms with van der Waals surface area (Å²) in [5, 5.41) is 0. The van der Waals surface area contributed by atoms with E-state index in [-0.39, 0.29) is 29.2 Å². The van der Waals surface area contributed by atoms with E-state index >= 15 is 0 Å². The first kappa shape index (κ1) is 13.5. The van der Waals surface area contributed by atoms with Crippen LogP contribution in [0, 0.1) is 23.7 Å². The zero-order chi connectivity index (χ0) is 15.4. The number of anilines is 1. The van der Waals surface area contributed by atoms with E-state index in [0.717, 1.165) is 25.7 Å². The summed E-state index contributed by atoms with van der Waals surface area (Å²) in [6.07, 6.45) is 4.15. The number of hydrogen-bond acceptors (Lipinski definition) is 3. The maximum atomic E-state index is 12.9. The smallest absolute Gasteiger partial charge is 0.250 e. The van der Waals surface area contributed by atoms with Crippen molar-refractivity contribution in [1.29, 1.82) is 0 Å². The lowest BCUT2D eigenvalue weighted by Crippen LogP contribution is -2.41. The average molecular weight is 298 g/mol. The summed E-state index contributed by atoms with van der Waals surface area (Å²) in [4.78, 5) is 38.6. The molecule has 0 radical (unpaired) electrons. The molecule has 3 saturated carbocycles. The summed E-state index contributed by atoms with van der Waals surface area (Å²) in [5.74, 6) is -0.651. The molecule has 5 rings (SSSR count). The second-order valence-electron chi connectivity index (χ2n) is 6.62. The van der Waals surface area contributed by atoms with Crippen LogP contribution in [-0.4, -0.2) is 17.7 Å². The summed E-state index contributed by atoms with van der Waals surface area (Å²) in [6, 6.07) is 6.61. The molecule has 1 aromatic carbocycles. The van der Waals surface area contributed by atoms with E-state index in [0.29, 0.717) is 17.5 Å². The number of hydrogen-bond donors (Lipinski definition) is 1. The second kappa shape index (κ2) is 4.66. The van der Waals surface area contributed by atoms with E-state index in [9.17, 15) is 14.4 Å². The SMILES string of the molecule is NC(=O)c1ccccc1N1C(=O)C2C3CCC(CC3)C2C1=O. The number of carbonyl (C=O) groups excluding carboxylic acids is 3. The minimum Gasteiger partial charge on any atom is -0.366 e. The number of rotatable bonds is 2. The van der Waals surface area contributed by atoms with E-state index in [1.807, 2.05) is 0 Å². The number of benzene rings is 1. The molecule has 0 aromatic heterocycles. The number of primary amides is 1. The molecule has 1 heterocycles. The van der Waals surface area contributed by atoms with Gasteiger partial charge in [-0.2, -0.15) is 0 Å². The predicted octanol–water partition coefficient (Wildman–Crippen LogP) is 1.71. The van der Waals surface area contributed by atoms with Crippen LogP contribution in [0.4, 0.5) is 5.69 Å². The molecular weight excluding hydrogens is 280 g/mol. The van der Waals surface area contributed by atoms with E-state index in [1.165, 1.54) is 4.90 Å². The highest BCUT2D eigenvalue weighted by Gasteiger charge is 2.58. The van der Waals surface area contributed by atoms with Gasteiger partial charge in [-0.15, -0.1) is 0 Å². The quantitative estimate of drug-likeness (QED) is 0.844. The first-order valence-corrected chi connectivity index (χ1v) is 7.86. The van der Waals surface area contributed by atoms with Crippen LogP contribution >= 0.6 is 0 Å². The third kappa shape index (κ3) is 1.68. The molecule has 2 N–H and O–H groups in total. The first-order chi connectivity index (χ1) is 10.6. The molecule has 5 nitrogen and oxygen atoms in total. The van der Waals surface area contributed by atoms with Gasteiger partial charge in [0.2, 0.25) is 11.8 Å². The van der Waals surface area contributed by atoms with Crippen molar-refractivity contribution in [3.63, 3.8) is 0 Å². The highest BCUT2D eigenvalue weighted by molar-refractivity contribution is 6.24. The summed E-state index contributed by atoms with van der Waals surface area (Å²) < 4.78 is 0. The number of carbonyl (C=O) groups is 3. The van der Waals surface area contributed by atoms with Gasteiger partial charge in [0.1, 0.15) is 0 Å². The van der Waals surface area contributed by atoms with Gasteiger partial charge in [0, 0.05) is 0 Å². The molecule has 22 heavy (non-hydrogen) atoms. The lowest BCUT2D eigenvalue weighted by molar-refractivity contribution is -0.129. The third-order valence-corrected chi connectivity index (χ3v) is 5.64. The fraction of sp³-hybridized carbons (Fsp3) is 0.471. The Kier molecular flexibility index (Phi) is 2.86. The van der Waals surface area contributed by atoms with Crippen LogP contribution in [0.25, 0.3) is 0 Å². The zero-order valence-electron chi connectivity index (χ0n) is 12.2. The van der Waals surface area contributed by atoms with Crippen molar-refractivity contribution in [2.75, 3.05) is 4.90 Å². The fourth-order valence-electron chi connectivity index (χ4n) is 4.68. The minimum absolute atomic E-state index is 0.141. The van der Waals surface area contributed by atoms with Gasteiger partial charge in [-0.25, -0.2) is 4.90 Å². The number of nitrogens with two attached hydrogens (primary N) is 1. The van der Waals surface area contributed by atoms with Gasteiger partial charge in [-0.05, 0) is 49.7 Å². The Hall–Kier alpha value is -2.17. The van der Waals surface area contributed by atoms with E-state index in [4.69, 9.17) is 5.73 Å². The molecule has 1 saturated heterocycles. The van der Waals surface area contributed by atoms with E-state index in [1.54, 1.807) is 24.3 Å². The number of para-hydroxylation sites is 1. The van der Waals surface area contributed by atoms with Gasteiger partial charge in [0.05, 0.1) is 23.1 Å². The Balaban J connectivity index is 1.80. The summed E-state index contributed by atoms with van der Waals surface area (Å²) in [5.41, 5.74) is 5.98. The minimum atomic E-state index is -0.617. The number of imide groups is 1. The molecule has 2 unspecified atom stereocenters. The Morgan fingerprint density at radius 2 is 1.45 bits per heavy atom. The van der Waals surface area contributed by atoms with Crippen LogP contribution in [0.1, 0.15) is 36.0 Å². The molecular formula is C17H18N2O3. The fourth-order valence-corrected chi connectivity index (χ4v) is 4.68. The van der Waals surface area contributed by atoms with Crippen LogP contribution in [0.5, 0.6) is 0 Å². The van der Waals surface area contributed by atoms with Gasteiger partial charge in [0.25, 0.3) is 5.91 Å². The number of amides is 3. The maximum absolute atomic E-state index is 12.9. The van der Waals surface area contributed by atoms with Gasteiger partial charge in [-0.3, -0.25) is 14.4 Å². The lowest BCUT2D eigenvalue weighted by atomic mass is 9.59. The van der Waals surface area contributed by atoms with Gasteiger partial charge < -0.3 is 5.73 Å². The lowest BCUT2D eigenvalue weighted by Gasteiger charge is -2.42. The molecule has 5 heteroatoms. The Bertz CT molecular complexity index is 646. The number of fused-ring (bicyclic) bond motifs is 2. The van der Waals surface area contributed by atoms with E-state index in [2.05, 4.69) is 0 Å². The molecule has 1 aliphatic heterocycles. The topological polar surface area (TPSA) is 80.5 Å². The third-order valence-electron chi connectivity index (χ3n) is 5.64. The number of nitrogens with zero attached hydrogens (tertiary/aromatic N) is 1. The molecule has 0 spiro atoms. The highest BCUT2D eigenvalue weighted by Crippen LogP contribution is 2.53. The van der Waals surface area contributed by atoms with Crippen LogP contribution in [0.15, 0.2) is 24.3 Å². The summed E-state index contributed by atoms with van der Waals surface area (Å²) >= 11 is 0. The average Bonchev–Trinajstić information content (AvgIpc) is 2.82. The normalized spacial score (nSPS) is 33.2. The van der Waals surface area contributed by atoms with Crippen LogP contribution < -0.4 is 10.6 Å². The molecule has 3 amide bonds. The highest BCUT2D eigenvalue weighted by atomic mass is 16.2. The van der Waals surface area contributed by atoms with Crippen molar-refractivity contribution < 1.29 is 14.4 Å². The Labute approximate surface area is 128 Å². The molecule has 114 valence electrons. The Morgan fingerprint density at radius 1 is 0.955 bits per heavy atom. The molecule has 4 aliphatic rings. The first-order valence-electron chi connectivity index (χ1n) is 7.86. The van der Waals surface area contributed by atoms with Crippen molar-refractivity contribution >= 4 is 23.4 Å². The largest absolute Gasteiger partial charge is 0.366 e. The van der Waals surface area contributed by atoms with Crippen LogP contribution in [0.2, 0.25) is 0 Å². The van der Waals surface area contributed by atoms with Gasteiger partial charge in [0.15, 0.2) is 0 Å². The van der Waals surface area contributed by atoms with Gasteiger partial charge in [-0.1, -0.05) is 12.1 Å². The van der Waals surface area contributed by atoms with Crippen LogP contribution in [-0.2, 0) is 9.59 Å². The second-order valence-corrected chi connectivity index (χ2v) is 6.62. The predicted molar refractivity (Wildman–Crippen MR) is 79.9 cm³/mol. The van der Waals surface area contributed by atoms with Crippen LogP contribution in [0.3, 0.4) is 0 Å².